The minimum atomic E-state index is -0.271. The summed E-state index contributed by atoms with van der Waals surface area (Å²) >= 11 is 0. The predicted octanol–water partition coefficient (Wildman–Crippen LogP) is 1.98. The number of hydrogen-bond acceptors (Lipinski definition) is 5. The molecule has 1 aromatic carbocycles. The molecule has 0 aliphatic heterocycles. The van der Waals surface area contributed by atoms with Crippen LogP contribution in [0.25, 0.3) is 0 Å². The van der Waals surface area contributed by atoms with Gasteiger partial charge in [0.25, 0.3) is 0 Å². The van der Waals surface area contributed by atoms with Crippen LogP contribution in [0.1, 0.15) is 5.69 Å². The molecule has 2 amide bonds. The number of carbonyl (C=O) groups is 1. The molecule has 0 aliphatic carbocycles. The lowest BCUT2D eigenvalue weighted by Gasteiger charge is -2.11. The lowest BCUT2D eigenvalue weighted by atomic mass is 10.3. The zero-order chi connectivity index (χ0) is 17.2. The van der Waals surface area contributed by atoms with E-state index in [1.165, 1.54) is 0 Å². The summed E-state index contributed by atoms with van der Waals surface area (Å²) in [7, 11) is 3.15. The van der Waals surface area contributed by atoms with Gasteiger partial charge in [0.2, 0.25) is 0 Å². The van der Waals surface area contributed by atoms with Crippen molar-refractivity contribution in [2.45, 2.75) is 6.54 Å². The van der Waals surface area contributed by atoms with E-state index in [2.05, 4.69) is 15.6 Å². The Morgan fingerprint density at radius 2 is 1.75 bits per heavy atom. The molecule has 0 atom stereocenters. The minimum absolute atomic E-state index is 0.271. The summed E-state index contributed by atoms with van der Waals surface area (Å²) in [6, 6.07) is 10.5. The van der Waals surface area contributed by atoms with Gasteiger partial charge in [0.1, 0.15) is 23.9 Å². The molecule has 0 unspecified atom stereocenters. The first-order valence-electron chi connectivity index (χ1n) is 7.48. The first-order chi connectivity index (χ1) is 11.7. The van der Waals surface area contributed by atoms with Crippen LogP contribution in [0.15, 0.2) is 42.6 Å². The standard InChI is InChI=1S/C17H21N3O4/c1-22-14-9-15(23-2)11-16(10-14)24-8-7-19-17(21)20-12-13-5-3-4-6-18-13/h3-6,9-11H,7-8,12H2,1-2H3,(H2,19,20,21). The topological polar surface area (TPSA) is 81.7 Å². The van der Waals surface area contributed by atoms with Gasteiger partial charge in [0, 0.05) is 24.4 Å². The van der Waals surface area contributed by atoms with E-state index in [1.54, 1.807) is 38.6 Å². The third-order valence-corrected chi connectivity index (χ3v) is 3.14. The van der Waals surface area contributed by atoms with E-state index in [0.717, 1.165) is 5.69 Å². The van der Waals surface area contributed by atoms with E-state index in [9.17, 15) is 4.79 Å². The number of hydrogen-bond donors (Lipinski definition) is 2. The van der Waals surface area contributed by atoms with Gasteiger partial charge in [-0.2, -0.15) is 0 Å². The lowest BCUT2D eigenvalue weighted by molar-refractivity contribution is 0.236. The summed E-state index contributed by atoms with van der Waals surface area (Å²) in [6.07, 6.45) is 1.69. The van der Waals surface area contributed by atoms with E-state index in [4.69, 9.17) is 14.2 Å². The van der Waals surface area contributed by atoms with Crippen LogP contribution in [0.3, 0.4) is 0 Å². The Kier molecular flexibility index (Phi) is 6.70. The van der Waals surface area contributed by atoms with Crippen molar-refractivity contribution in [1.82, 2.24) is 15.6 Å². The van der Waals surface area contributed by atoms with Gasteiger partial charge in [-0.1, -0.05) is 6.07 Å². The second-order valence-corrected chi connectivity index (χ2v) is 4.83. The molecule has 7 heteroatoms. The maximum absolute atomic E-state index is 11.7. The molecule has 1 aromatic heterocycles. The molecule has 24 heavy (non-hydrogen) atoms. The number of aromatic nitrogens is 1. The van der Waals surface area contributed by atoms with Gasteiger partial charge in [0.15, 0.2) is 0 Å². The van der Waals surface area contributed by atoms with Gasteiger partial charge in [-0.3, -0.25) is 4.98 Å². The summed E-state index contributed by atoms with van der Waals surface area (Å²) in [6.45, 7) is 1.07. The molecular formula is C17H21N3O4. The molecule has 0 aliphatic rings. The second kappa shape index (κ2) is 9.24. The fraction of sp³-hybridized carbons (Fsp3) is 0.294. The monoisotopic (exact) mass is 331 g/mol. The van der Waals surface area contributed by atoms with Crippen molar-refractivity contribution in [1.29, 1.82) is 0 Å². The highest BCUT2D eigenvalue weighted by molar-refractivity contribution is 5.73. The highest BCUT2D eigenvalue weighted by Crippen LogP contribution is 2.27. The molecule has 2 N–H and O–H groups in total. The Balaban J connectivity index is 1.69. The SMILES string of the molecule is COc1cc(OC)cc(OCCNC(=O)NCc2ccccn2)c1. The van der Waals surface area contributed by atoms with E-state index >= 15 is 0 Å². The van der Waals surface area contributed by atoms with Gasteiger partial charge in [-0.15, -0.1) is 0 Å². The molecule has 0 radical (unpaired) electrons. The lowest BCUT2D eigenvalue weighted by Crippen LogP contribution is -2.37. The van der Waals surface area contributed by atoms with Crippen LogP contribution in [-0.4, -0.2) is 38.4 Å². The van der Waals surface area contributed by atoms with Gasteiger partial charge in [-0.05, 0) is 12.1 Å². The number of urea groups is 1. The number of rotatable bonds is 8. The Bertz CT molecular complexity index is 627. The summed E-state index contributed by atoms with van der Waals surface area (Å²) in [5.41, 5.74) is 0.798. The Labute approximate surface area is 140 Å². The van der Waals surface area contributed by atoms with Crippen molar-refractivity contribution in [2.75, 3.05) is 27.4 Å². The molecule has 2 aromatic rings. The van der Waals surface area contributed by atoms with Crippen LogP contribution < -0.4 is 24.8 Å². The highest BCUT2D eigenvalue weighted by atomic mass is 16.5. The van der Waals surface area contributed by atoms with Crippen molar-refractivity contribution < 1.29 is 19.0 Å². The predicted molar refractivity (Wildman–Crippen MR) is 89.5 cm³/mol. The summed E-state index contributed by atoms with van der Waals surface area (Å²) in [4.78, 5) is 15.8. The molecule has 7 nitrogen and oxygen atoms in total. The van der Waals surface area contributed by atoms with Gasteiger partial charge in [0.05, 0.1) is 33.0 Å². The average molecular weight is 331 g/mol. The van der Waals surface area contributed by atoms with Crippen LogP contribution in [0, 0.1) is 0 Å². The Hall–Kier alpha value is -2.96. The van der Waals surface area contributed by atoms with E-state index in [-0.39, 0.29) is 6.03 Å². The number of carbonyl (C=O) groups excluding carboxylic acids is 1. The molecule has 0 fully saturated rings. The van der Waals surface area contributed by atoms with Gasteiger partial charge in [-0.25, -0.2) is 4.79 Å². The molecule has 0 spiro atoms. The zero-order valence-corrected chi connectivity index (χ0v) is 13.7. The van der Waals surface area contributed by atoms with Crippen LogP contribution in [0.4, 0.5) is 4.79 Å². The number of benzene rings is 1. The average Bonchev–Trinajstić information content (AvgIpc) is 2.64. The van der Waals surface area contributed by atoms with Crippen LogP contribution >= 0.6 is 0 Å². The minimum Gasteiger partial charge on any atom is -0.496 e. The van der Waals surface area contributed by atoms with Crippen molar-refractivity contribution >= 4 is 6.03 Å². The maximum Gasteiger partial charge on any atom is 0.315 e. The number of methoxy groups -OCH3 is 2. The fourth-order valence-corrected chi connectivity index (χ4v) is 1.93. The van der Waals surface area contributed by atoms with Crippen molar-refractivity contribution in [3.63, 3.8) is 0 Å². The van der Waals surface area contributed by atoms with Crippen molar-refractivity contribution in [3.05, 3.63) is 48.3 Å². The van der Waals surface area contributed by atoms with E-state index in [0.29, 0.717) is 36.9 Å². The zero-order valence-electron chi connectivity index (χ0n) is 13.7. The first kappa shape index (κ1) is 17.4. The van der Waals surface area contributed by atoms with Crippen LogP contribution in [0.5, 0.6) is 17.2 Å². The van der Waals surface area contributed by atoms with E-state index < -0.39 is 0 Å². The summed E-state index contributed by atoms with van der Waals surface area (Å²) in [5.74, 6) is 1.90. The van der Waals surface area contributed by atoms with Crippen molar-refractivity contribution in [2.24, 2.45) is 0 Å². The Morgan fingerprint density at radius 3 is 2.38 bits per heavy atom. The number of nitrogens with one attached hydrogen (secondary N) is 2. The van der Waals surface area contributed by atoms with Crippen molar-refractivity contribution in [3.8, 4) is 17.2 Å². The largest absolute Gasteiger partial charge is 0.496 e. The molecule has 0 saturated heterocycles. The Morgan fingerprint density at radius 1 is 1.04 bits per heavy atom. The molecule has 128 valence electrons. The molecule has 1 heterocycles. The summed E-state index contributed by atoms with van der Waals surface area (Å²) < 4.78 is 15.9. The van der Waals surface area contributed by atoms with E-state index in [1.807, 2.05) is 18.2 Å². The third kappa shape index (κ3) is 5.68. The fourth-order valence-electron chi connectivity index (χ4n) is 1.93. The van der Waals surface area contributed by atoms with Crippen LogP contribution in [0.2, 0.25) is 0 Å². The second-order valence-electron chi connectivity index (χ2n) is 4.83. The number of nitrogens with zero attached hydrogens (tertiary/aromatic N) is 1. The number of amides is 2. The highest BCUT2D eigenvalue weighted by Gasteiger charge is 2.04. The molecule has 0 saturated carbocycles. The smallest absolute Gasteiger partial charge is 0.315 e. The van der Waals surface area contributed by atoms with Crippen LogP contribution in [-0.2, 0) is 6.54 Å². The molecular weight excluding hydrogens is 310 g/mol. The summed E-state index contributed by atoms with van der Waals surface area (Å²) in [5, 5.41) is 5.44. The normalized spacial score (nSPS) is 9.92. The van der Waals surface area contributed by atoms with Gasteiger partial charge >= 0.3 is 6.03 Å². The molecule has 0 bridgehead atoms. The maximum atomic E-state index is 11.7. The third-order valence-electron chi connectivity index (χ3n) is 3.14. The van der Waals surface area contributed by atoms with Gasteiger partial charge < -0.3 is 24.8 Å². The first-order valence-corrected chi connectivity index (χ1v) is 7.48. The molecule has 2 rings (SSSR count). The number of ether oxygens (including phenoxy) is 3. The number of pyridine rings is 1. The quantitative estimate of drug-likeness (QED) is 0.723.